The van der Waals surface area contributed by atoms with Crippen LogP contribution in [-0.2, 0) is 39.0 Å². The van der Waals surface area contributed by atoms with E-state index in [1.54, 1.807) is 56.1 Å². The predicted molar refractivity (Wildman–Crippen MR) is 213 cm³/mol. The van der Waals surface area contributed by atoms with E-state index in [1.165, 1.54) is 11.3 Å². The van der Waals surface area contributed by atoms with Crippen LogP contribution in [0.2, 0.25) is 0 Å². The van der Waals surface area contributed by atoms with Crippen LogP contribution in [0.4, 0.5) is 11.5 Å². The monoisotopic (exact) mass is 784 g/mol. The molecule has 1 unspecified atom stereocenters. The summed E-state index contributed by atoms with van der Waals surface area (Å²) < 4.78 is 34.3. The van der Waals surface area contributed by atoms with Crippen LogP contribution in [0.25, 0.3) is 0 Å². The summed E-state index contributed by atoms with van der Waals surface area (Å²) in [7, 11) is -3.69. The fraction of sp³-hybridized carbons (Fsp3) is 0.390. The van der Waals surface area contributed by atoms with E-state index in [0.29, 0.717) is 86.9 Å². The number of ether oxygens (including phenoxy) is 1. The number of ketones is 1. The van der Waals surface area contributed by atoms with Crippen molar-refractivity contribution in [2.45, 2.75) is 95.7 Å². The molecule has 14 heteroatoms. The Morgan fingerprint density at radius 1 is 1.13 bits per heavy atom. The maximum absolute atomic E-state index is 13.0. The minimum atomic E-state index is -3.69. The van der Waals surface area contributed by atoms with Crippen molar-refractivity contribution in [3.8, 4) is 5.75 Å². The number of thiophene rings is 1. The molecular weight excluding hydrogens is 737 g/mol. The Morgan fingerprint density at radius 3 is 2.65 bits per heavy atom. The molecule has 2 aromatic carbocycles. The van der Waals surface area contributed by atoms with Gasteiger partial charge in [-0.25, -0.2) is 23.1 Å². The van der Waals surface area contributed by atoms with E-state index in [0.717, 1.165) is 33.6 Å². The largest absolute Gasteiger partial charge is 0.494 e. The van der Waals surface area contributed by atoms with E-state index < -0.39 is 15.6 Å². The molecule has 290 valence electrons. The van der Waals surface area contributed by atoms with Gasteiger partial charge in [0.2, 0.25) is 15.9 Å². The number of amides is 2. The first-order valence-electron chi connectivity index (χ1n) is 18.5. The molecule has 1 saturated carbocycles. The van der Waals surface area contributed by atoms with Gasteiger partial charge in [0.25, 0.3) is 5.91 Å². The second-order valence-electron chi connectivity index (χ2n) is 15.1. The summed E-state index contributed by atoms with van der Waals surface area (Å²) in [5.41, 5.74) is 4.36. The van der Waals surface area contributed by atoms with Gasteiger partial charge < -0.3 is 20.3 Å². The summed E-state index contributed by atoms with van der Waals surface area (Å²) in [5.74, 6) is 1.83. The predicted octanol–water partition coefficient (Wildman–Crippen LogP) is 6.41. The second-order valence-corrected chi connectivity index (χ2v) is 17.8. The van der Waals surface area contributed by atoms with E-state index in [1.807, 2.05) is 36.6 Å². The lowest BCUT2D eigenvalue weighted by atomic mass is 9.89. The molecule has 0 spiro atoms. The van der Waals surface area contributed by atoms with Crippen LogP contribution in [0.1, 0.15) is 90.6 Å². The van der Waals surface area contributed by atoms with Gasteiger partial charge in [-0.3, -0.25) is 14.4 Å². The number of rotatable bonds is 15. The van der Waals surface area contributed by atoms with Gasteiger partial charge in [0.15, 0.2) is 5.78 Å². The van der Waals surface area contributed by atoms with Gasteiger partial charge in [0.05, 0.1) is 23.1 Å². The van der Waals surface area contributed by atoms with Gasteiger partial charge in [-0.15, -0.1) is 11.3 Å². The molecule has 1 aliphatic heterocycles. The van der Waals surface area contributed by atoms with Crippen molar-refractivity contribution < 1.29 is 27.5 Å². The number of benzene rings is 2. The Bertz CT molecular complexity index is 2190. The number of carbonyl (C=O) groups excluding carboxylic acids is 3. The lowest BCUT2D eigenvalue weighted by molar-refractivity contribution is -0.124. The molecular formula is C41H48N6O6S2. The van der Waals surface area contributed by atoms with Crippen LogP contribution in [0.3, 0.4) is 0 Å². The molecule has 1 fully saturated rings. The van der Waals surface area contributed by atoms with Crippen molar-refractivity contribution in [2.24, 2.45) is 0 Å². The van der Waals surface area contributed by atoms with Crippen LogP contribution < -0.4 is 20.1 Å². The maximum atomic E-state index is 13.0. The topological polar surface area (TPSA) is 160 Å². The SMILES string of the molecule is C=C1CCC(N2Cc3c(csc3CCC(=O)NCCCOc3ccc(Cc4ncc(C)c(Nc5cccc(S(=O)(=O)NC(C)(C)C)c5)n4)cc3)C2=O)C(=O)C1. The Hall–Kier alpha value is -4.92. The molecule has 3 N–H and O–H groups in total. The summed E-state index contributed by atoms with van der Waals surface area (Å²) in [4.78, 5) is 50.3. The number of fused-ring (bicyclic) bond motifs is 1. The van der Waals surface area contributed by atoms with Crippen molar-refractivity contribution in [3.63, 3.8) is 0 Å². The number of nitrogens with one attached hydrogen (secondary N) is 3. The van der Waals surface area contributed by atoms with Crippen LogP contribution in [-0.4, -0.2) is 65.6 Å². The van der Waals surface area contributed by atoms with Crippen molar-refractivity contribution in [1.29, 1.82) is 0 Å². The Labute approximate surface area is 326 Å². The number of aromatic nitrogens is 2. The lowest BCUT2D eigenvalue weighted by Gasteiger charge is -2.30. The maximum Gasteiger partial charge on any atom is 0.255 e. The van der Waals surface area contributed by atoms with E-state index >= 15 is 0 Å². The zero-order chi connectivity index (χ0) is 39.3. The Morgan fingerprint density at radius 2 is 1.91 bits per heavy atom. The van der Waals surface area contributed by atoms with Crippen molar-refractivity contribution in [2.75, 3.05) is 18.5 Å². The molecule has 1 aliphatic carbocycles. The molecule has 0 bridgehead atoms. The van der Waals surface area contributed by atoms with Gasteiger partial charge >= 0.3 is 0 Å². The summed E-state index contributed by atoms with van der Waals surface area (Å²) in [6.45, 7) is 12.6. The van der Waals surface area contributed by atoms with Gasteiger partial charge in [-0.05, 0) is 94.8 Å². The van der Waals surface area contributed by atoms with Crippen molar-refractivity contribution in [1.82, 2.24) is 24.9 Å². The van der Waals surface area contributed by atoms with Crippen molar-refractivity contribution in [3.05, 3.63) is 105 Å². The number of carbonyl (C=O) groups is 3. The highest BCUT2D eigenvalue weighted by Gasteiger charge is 2.39. The first-order valence-corrected chi connectivity index (χ1v) is 20.8. The van der Waals surface area contributed by atoms with Gasteiger partial charge in [-0.2, -0.15) is 0 Å². The average Bonchev–Trinajstić information content (AvgIpc) is 3.67. The normalized spacial score (nSPS) is 16.0. The zero-order valence-corrected chi connectivity index (χ0v) is 33.4. The number of allylic oxidation sites excluding steroid dienone is 1. The summed E-state index contributed by atoms with van der Waals surface area (Å²) >= 11 is 1.51. The molecule has 3 heterocycles. The number of anilines is 2. The molecule has 2 aromatic heterocycles. The highest BCUT2D eigenvalue weighted by atomic mass is 32.2. The standard InChI is InChI=1S/C41H48N6O6S2/c1-26-10-15-34(35(48)20-26)47-24-32-33(40(47)50)25-54-36(32)16-17-38(49)42-18-7-19-53-30-13-11-28(12-14-30)21-37-43-23-27(2)39(45-37)44-29-8-6-9-31(22-29)55(51,52)46-41(3,4)5/h6,8-9,11-14,22-23,25,34,46H,1,7,10,15-21,24H2,2-5H3,(H,42,49)(H,43,44,45). The molecule has 0 saturated heterocycles. The van der Waals surface area contributed by atoms with E-state index in [2.05, 4.69) is 26.9 Å². The number of aryl methyl sites for hydroxylation is 2. The minimum absolute atomic E-state index is 0.0554. The van der Waals surface area contributed by atoms with Gasteiger partial charge in [0, 0.05) is 65.6 Å². The van der Waals surface area contributed by atoms with E-state index in [-0.39, 0.29) is 28.5 Å². The summed E-state index contributed by atoms with van der Waals surface area (Å²) in [6, 6.07) is 13.9. The number of nitrogens with zero attached hydrogens (tertiary/aromatic N) is 3. The molecule has 2 aliphatic rings. The van der Waals surface area contributed by atoms with Gasteiger partial charge in [-0.1, -0.05) is 30.4 Å². The highest BCUT2D eigenvalue weighted by molar-refractivity contribution is 7.89. The molecule has 12 nitrogen and oxygen atoms in total. The number of sulfonamides is 1. The van der Waals surface area contributed by atoms with Crippen LogP contribution >= 0.6 is 11.3 Å². The fourth-order valence-corrected chi connectivity index (χ4v) is 9.14. The average molecular weight is 785 g/mol. The Balaban J connectivity index is 0.919. The molecule has 1 atom stereocenters. The number of Topliss-reactive ketones (excluding diaryl/α,β-unsaturated/α-hetero) is 1. The van der Waals surface area contributed by atoms with Crippen LogP contribution in [0, 0.1) is 6.92 Å². The fourth-order valence-electron chi connectivity index (χ4n) is 6.64. The molecule has 0 radical (unpaired) electrons. The number of hydrogen-bond donors (Lipinski definition) is 3. The first-order chi connectivity index (χ1) is 26.1. The Kier molecular flexibility index (Phi) is 12.2. The smallest absolute Gasteiger partial charge is 0.255 e. The highest BCUT2D eigenvalue weighted by Crippen LogP contribution is 2.36. The molecule has 4 aromatic rings. The van der Waals surface area contributed by atoms with Crippen LogP contribution in [0.5, 0.6) is 5.75 Å². The van der Waals surface area contributed by atoms with E-state index in [9.17, 15) is 22.8 Å². The molecule has 2 amide bonds. The first kappa shape index (κ1) is 39.8. The molecule has 6 rings (SSSR count). The lowest BCUT2D eigenvalue weighted by Crippen LogP contribution is -2.43. The third-order valence-electron chi connectivity index (χ3n) is 9.39. The third kappa shape index (κ3) is 10.2. The summed E-state index contributed by atoms with van der Waals surface area (Å²) in [6.07, 6.45) is 5.47. The quantitative estimate of drug-likeness (QED) is 0.0915. The molecule has 55 heavy (non-hydrogen) atoms. The van der Waals surface area contributed by atoms with E-state index in [4.69, 9.17) is 9.72 Å². The minimum Gasteiger partial charge on any atom is -0.494 e. The summed E-state index contributed by atoms with van der Waals surface area (Å²) in [5, 5.41) is 8.07. The van der Waals surface area contributed by atoms with Crippen LogP contribution in [0.15, 0.2) is 77.2 Å². The van der Waals surface area contributed by atoms with Crippen molar-refractivity contribution >= 4 is 50.5 Å². The zero-order valence-electron chi connectivity index (χ0n) is 31.7. The van der Waals surface area contributed by atoms with Gasteiger partial charge in [0.1, 0.15) is 17.4 Å². The number of hydrogen-bond acceptors (Lipinski definition) is 10. The third-order valence-corrected chi connectivity index (χ3v) is 12.2. The second kappa shape index (κ2) is 16.8.